The van der Waals surface area contributed by atoms with Crippen LogP contribution < -0.4 is 0 Å². The van der Waals surface area contributed by atoms with Crippen LogP contribution in [-0.4, -0.2) is 46.9 Å². The van der Waals surface area contributed by atoms with Crippen molar-refractivity contribution in [2.24, 2.45) is 0 Å². The fraction of sp³-hybridized carbons (Fsp3) is 1.00. The molecule has 0 amide bonds. The SMILES string of the molecule is CCCN(CO)C(O)S(=O)(=O)O. The van der Waals surface area contributed by atoms with E-state index in [-0.39, 0.29) is 6.54 Å². The van der Waals surface area contributed by atoms with Gasteiger partial charge < -0.3 is 10.2 Å². The minimum Gasteiger partial charge on any atom is -0.381 e. The fourth-order valence-corrected chi connectivity index (χ4v) is 1.28. The Bertz CT molecular complexity index is 214. The van der Waals surface area contributed by atoms with Crippen molar-refractivity contribution in [2.45, 2.75) is 18.9 Å². The molecule has 1 unspecified atom stereocenters. The molecule has 0 spiro atoms. The minimum absolute atomic E-state index is 0.192. The Morgan fingerprint density at radius 3 is 2.25 bits per heavy atom. The van der Waals surface area contributed by atoms with Crippen molar-refractivity contribution >= 4 is 10.1 Å². The average molecular weight is 199 g/mol. The summed E-state index contributed by atoms with van der Waals surface area (Å²) in [7, 11) is -4.51. The summed E-state index contributed by atoms with van der Waals surface area (Å²) in [5, 5.41) is 17.5. The van der Waals surface area contributed by atoms with Crippen molar-refractivity contribution in [1.82, 2.24) is 4.90 Å². The maximum Gasteiger partial charge on any atom is 0.306 e. The Morgan fingerprint density at radius 1 is 1.50 bits per heavy atom. The lowest BCUT2D eigenvalue weighted by Crippen LogP contribution is -2.41. The summed E-state index contributed by atoms with van der Waals surface area (Å²) in [5.41, 5.74) is -2.04. The molecule has 0 aromatic heterocycles. The highest BCUT2D eigenvalue weighted by Crippen LogP contribution is 2.02. The monoisotopic (exact) mass is 199 g/mol. The molecule has 12 heavy (non-hydrogen) atoms. The molecule has 74 valence electrons. The Hall–Kier alpha value is -0.210. The summed E-state index contributed by atoms with van der Waals surface area (Å²) in [6.45, 7) is 1.33. The highest BCUT2D eigenvalue weighted by atomic mass is 32.2. The molecule has 0 saturated carbocycles. The van der Waals surface area contributed by atoms with Crippen LogP contribution in [0.15, 0.2) is 0 Å². The van der Waals surface area contributed by atoms with E-state index in [4.69, 9.17) is 14.8 Å². The zero-order valence-corrected chi connectivity index (χ0v) is 7.53. The third kappa shape index (κ3) is 3.46. The molecule has 1 atom stereocenters. The smallest absolute Gasteiger partial charge is 0.306 e. The first kappa shape index (κ1) is 11.8. The average Bonchev–Trinajstić information content (AvgIpc) is 1.97. The van der Waals surface area contributed by atoms with Gasteiger partial charge in [-0.15, -0.1) is 0 Å². The lowest BCUT2D eigenvalue weighted by atomic mass is 10.4. The first-order valence-electron chi connectivity index (χ1n) is 3.42. The summed E-state index contributed by atoms with van der Waals surface area (Å²) >= 11 is 0. The predicted molar refractivity (Wildman–Crippen MR) is 41.6 cm³/mol. The van der Waals surface area contributed by atoms with Crippen LogP contribution >= 0.6 is 0 Å². The van der Waals surface area contributed by atoms with Crippen molar-refractivity contribution in [1.29, 1.82) is 0 Å². The van der Waals surface area contributed by atoms with Crippen LogP contribution in [0.25, 0.3) is 0 Å². The third-order valence-electron chi connectivity index (χ3n) is 1.27. The van der Waals surface area contributed by atoms with E-state index in [0.717, 1.165) is 4.90 Å². The Kier molecular flexibility index (Phi) is 4.64. The summed E-state index contributed by atoms with van der Waals surface area (Å²) in [4.78, 5) is 0.829. The van der Waals surface area contributed by atoms with E-state index in [9.17, 15) is 8.42 Å². The van der Waals surface area contributed by atoms with Crippen molar-refractivity contribution < 1.29 is 23.2 Å². The molecule has 0 rings (SSSR count). The van der Waals surface area contributed by atoms with Crippen molar-refractivity contribution in [3.63, 3.8) is 0 Å². The molecule has 0 fully saturated rings. The molecule has 0 heterocycles. The summed E-state index contributed by atoms with van der Waals surface area (Å²) in [6, 6.07) is 0. The van der Waals surface area contributed by atoms with Gasteiger partial charge in [0.15, 0.2) is 0 Å². The molecule has 0 radical (unpaired) electrons. The fourth-order valence-electron chi connectivity index (χ4n) is 0.727. The van der Waals surface area contributed by atoms with Gasteiger partial charge >= 0.3 is 10.1 Å². The Balaban J connectivity index is 4.31. The van der Waals surface area contributed by atoms with E-state index in [1.54, 1.807) is 6.92 Å². The molecule has 7 heteroatoms. The lowest BCUT2D eigenvalue weighted by Gasteiger charge is -2.21. The minimum atomic E-state index is -4.51. The van der Waals surface area contributed by atoms with Gasteiger partial charge in [-0.2, -0.15) is 8.42 Å². The second-order valence-corrected chi connectivity index (χ2v) is 3.75. The van der Waals surface area contributed by atoms with E-state index in [2.05, 4.69) is 0 Å². The highest BCUT2D eigenvalue weighted by Gasteiger charge is 2.25. The van der Waals surface area contributed by atoms with Gasteiger partial charge in [-0.3, -0.25) is 4.55 Å². The van der Waals surface area contributed by atoms with E-state index in [1.165, 1.54) is 0 Å². The molecular formula is C5H13NO5S. The standard InChI is InChI=1S/C5H13NO5S/c1-2-3-6(4-7)5(8)12(9,10)11/h5,7-8H,2-4H2,1H3,(H,9,10,11). The highest BCUT2D eigenvalue weighted by molar-refractivity contribution is 7.86. The molecule has 6 nitrogen and oxygen atoms in total. The molecule has 0 aliphatic carbocycles. The van der Waals surface area contributed by atoms with Gasteiger partial charge in [0, 0.05) is 6.54 Å². The Labute approximate surface area is 71.2 Å². The number of aliphatic hydroxyl groups is 2. The van der Waals surface area contributed by atoms with Gasteiger partial charge in [0.05, 0.1) is 6.73 Å². The maximum absolute atomic E-state index is 10.4. The zero-order chi connectivity index (χ0) is 9.78. The zero-order valence-electron chi connectivity index (χ0n) is 6.71. The van der Waals surface area contributed by atoms with Crippen LogP contribution in [0.5, 0.6) is 0 Å². The van der Waals surface area contributed by atoms with Crippen LogP contribution in [0.1, 0.15) is 13.3 Å². The molecule has 0 aromatic carbocycles. The summed E-state index contributed by atoms with van der Waals surface area (Å²) < 4.78 is 29.1. The van der Waals surface area contributed by atoms with Gasteiger partial charge in [0.1, 0.15) is 0 Å². The van der Waals surface area contributed by atoms with E-state index < -0.39 is 22.4 Å². The topological polar surface area (TPSA) is 98.1 Å². The normalized spacial score (nSPS) is 15.1. The summed E-state index contributed by atoms with van der Waals surface area (Å²) in [5.74, 6) is 0. The molecule has 0 bridgehead atoms. The second kappa shape index (κ2) is 4.73. The van der Waals surface area contributed by atoms with Gasteiger partial charge in [0.25, 0.3) is 0 Å². The van der Waals surface area contributed by atoms with Crippen LogP contribution in [0.4, 0.5) is 0 Å². The van der Waals surface area contributed by atoms with Crippen molar-refractivity contribution in [2.75, 3.05) is 13.3 Å². The quantitative estimate of drug-likeness (QED) is 0.380. The molecule has 0 aliphatic heterocycles. The van der Waals surface area contributed by atoms with Gasteiger partial charge in [-0.25, -0.2) is 4.90 Å². The van der Waals surface area contributed by atoms with Crippen molar-refractivity contribution in [3.05, 3.63) is 0 Å². The van der Waals surface area contributed by atoms with Crippen LogP contribution in [-0.2, 0) is 10.1 Å². The lowest BCUT2D eigenvalue weighted by molar-refractivity contribution is -0.00233. The molecular weight excluding hydrogens is 186 g/mol. The van der Waals surface area contributed by atoms with Crippen LogP contribution in [0.2, 0.25) is 0 Å². The molecule has 0 saturated heterocycles. The Morgan fingerprint density at radius 2 is 2.00 bits per heavy atom. The molecule has 0 aliphatic rings. The number of hydrogen-bond donors (Lipinski definition) is 3. The summed E-state index contributed by atoms with van der Waals surface area (Å²) in [6.07, 6.45) is 0.563. The van der Waals surface area contributed by atoms with Crippen LogP contribution in [0, 0.1) is 0 Å². The van der Waals surface area contributed by atoms with E-state index in [1.807, 2.05) is 0 Å². The largest absolute Gasteiger partial charge is 0.381 e. The number of hydrogen-bond acceptors (Lipinski definition) is 5. The molecule has 0 aromatic rings. The second-order valence-electron chi connectivity index (χ2n) is 2.30. The van der Waals surface area contributed by atoms with Gasteiger partial charge in [-0.05, 0) is 6.42 Å². The van der Waals surface area contributed by atoms with E-state index >= 15 is 0 Å². The van der Waals surface area contributed by atoms with Crippen molar-refractivity contribution in [3.8, 4) is 0 Å². The first-order valence-corrected chi connectivity index (χ1v) is 4.93. The predicted octanol–water partition coefficient (Wildman–Crippen LogP) is -1.19. The number of aliphatic hydroxyl groups excluding tert-OH is 2. The first-order chi connectivity index (χ1) is 5.43. The number of nitrogens with zero attached hydrogens (tertiary/aromatic N) is 1. The van der Waals surface area contributed by atoms with Gasteiger partial charge in [-0.1, -0.05) is 6.92 Å². The molecule has 3 N–H and O–H groups in total. The maximum atomic E-state index is 10.4. The third-order valence-corrected chi connectivity index (χ3v) is 2.10. The van der Waals surface area contributed by atoms with Gasteiger partial charge in [0.2, 0.25) is 5.56 Å². The van der Waals surface area contributed by atoms with E-state index in [0.29, 0.717) is 6.42 Å². The van der Waals surface area contributed by atoms with Crippen LogP contribution in [0.3, 0.4) is 0 Å². The number of rotatable bonds is 5.